The molecule has 0 aliphatic heterocycles. The number of ether oxygens (including phenoxy) is 3. The molecule has 0 aliphatic rings. The van der Waals surface area contributed by atoms with Crippen LogP contribution in [0, 0.1) is 0 Å². The zero-order valence-corrected chi connectivity index (χ0v) is 22.0. The van der Waals surface area contributed by atoms with Crippen LogP contribution in [-0.4, -0.2) is 38.9 Å². The van der Waals surface area contributed by atoms with Crippen LogP contribution in [0.2, 0.25) is 0 Å². The number of amides is 2. The summed E-state index contributed by atoms with van der Waals surface area (Å²) < 4.78 is 18.0. The van der Waals surface area contributed by atoms with Crippen molar-refractivity contribution in [3.05, 3.63) is 52.0 Å². The average molecular weight is 521 g/mol. The molecular formula is C26H37BrN2O4. The van der Waals surface area contributed by atoms with Crippen LogP contribution in [0.3, 0.4) is 0 Å². The number of hydrogen-bond donors (Lipinski definition) is 2. The lowest BCUT2D eigenvalue weighted by Crippen LogP contribution is -2.37. The minimum atomic E-state index is -0.179. The summed E-state index contributed by atoms with van der Waals surface area (Å²) in [5.41, 5.74) is 2.43. The van der Waals surface area contributed by atoms with Crippen LogP contribution in [0.15, 0.2) is 40.9 Å². The van der Waals surface area contributed by atoms with Crippen molar-refractivity contribution in [2.45, 2.75) is 52.9 Å². The monoisotopic (exact) mass is 520 g/mol. The van der Waals surface area contributed by atoms with E-state index in [1.807, 2.05) is 38.1 Å². The number of halogens is 1. The van der Waals surface area contributed by atoms with Gasteiger partial charge in [-0.05, 0) is 83.4 Å². The van der Waals surface area contributed by atoms with Crippen LogP contribution in [0.1, 0.15) is 52.2 Å². The fourth-order valence-electron chi connectivity index (χ4n) is 3.17. The number of rotatable bonds is 12. The molecule has 2 aromatic carbocycles. The summed E-state index contributed by atoms with van der Waals surface area (Å²) in [6, 6.07) is 11.9. The second-order valence-electron chi connectivity index (χ2n) is 8.68. The van der Waals surface area contributed by atoms with Crippen LogP contribution in [0.4, 0.5) is 4.79 Å². The molecule has 0 aliphatic carbocycles. The van der Waals surface area contributed by atoms with E-state index in [0.29, 0.717) is 39.3 Å². The Morgan fingerprint density at radius 1 is 0.879 bits per heavy atom. The van der Waals surface area contributed by atoms with Crippen molar-refractivity contribution in [3.63, 3.8) is 0 Å². The number of benzene rings is 2. The van der Waals surface area contributed by atoms with Gasteiger partial charge >= 0.3 is 6.03 Å². The summed E-state index contributed by atoms with van der Waals surface area (Å²) in [5.74, 6) is 2.29. The van der Waals surface area contributed by atoms with Crippen LogP contribution >= 0.6 is 15.9 Å². The lowest BCUT2D eigenvalue weighted by molar-refractivity contribution is 0.239. The number of carbonyl (C=O) groups excluding carboxylic acids is 1. The number of carbonyl (C=O) groups is 1. The average Bonchev–Trinajstić information content (AvgIpc) is 2.76. The standard InChI is InChI=1S/C26H37BrN2O4/c1-6-31-23-11-9-19(17-24(23)32-7-2)13-15-29-25(30)28-14-8-16-33-22-12-10-20(18-21(22)27)26(3,4)5/h9-12,17-18H,6-8,13-16H2,1-5H3,(H2,28,29,30). The van der Waals surface area contributed by atoms with Crippen molar-refractivity contribution >= 4 is 22.0 Å². The van der Waals surface area contributed by atoms with Gasteiger partial charge in [0.2, 0.25) is 0 Å². The Kier molecular flexibility index (Phi) is 10.8. The summed E-state index contributed by atoms with van der Waals surface area (Å²) in [4.78, 5) is 12.0. The smallest absolute Gasteiger partial charge is 0.314 e. The molecule has 0 heterocycles. The molecule has 2 aromatic rings. The van der Waals surface area contributed by atoms with E-state index in [-0.39, 0.29) is 11.4 Å². The topological polar surface area (TPSA) is 68.8 Å². The van der Waals surface area contributed by atoms with Crippen molar-refractivity contribution in [2.75, 3.05) is 32.9 Å². The molecule has 2 amide bonds. The molecule has 2 N–H and O–H groups in total. The maximum Gasteiger partial charge on any atom is 0.314 e. The Bertz CT molecular complexity index is 896. The highest BCUT2D eigenvalue weighted by Crippen LogP contribution is 2.31. The van der Waals surface area contributed by atoms with Gasteiger partial charge in [-0.1, -0.05) is 32.9 Å². The van der Waals surface area contributed by atoms with Crippen molar-refractivity contribution in [2.24, 2.45) is 0 Å². The van der Waals surface area contributed by atoms with Gasteiger partial charge in [0.05, 0.1) is 24.3 Å². The normalized spacial score (nSPS) is 11.1. The number of hydrogen-bond acceptors (Lipinski definition) is 4. The van der Waals surface area contributed by atoms with Crippen LogP contribution < -0.4 is 24.8 Å². The third kappa shape index (κ3) is 9.16. The van der Waals surface area contributed by atoms with Gasteiger partial charge in [-0.25, -0.2) is 4.79 Å². The molecule has 7 heteroatoms. The zero-order valence-electron chi connectivity index (χ0n) is 20.4. The molecule has 0 aromatic heterocycles. The maximum atomic E-state index is 12.0. The molecule has 0 saturated heterocycles. The first kappa shape index (κ1) is 26.8. The molecule has 0 fully saturated rings. The van der Waals surface area contributed by atoms with Gasteiger partial charge in [-0.3, -0.25) is 0 Å². The first-order valence-electron chi connectivity index (χ1n) is 11.6. The lowest BCUT2D eigenvalue weighted by atomic mass is 9.87. The van der Waals surface area contributed by atoms with Crippen LogP contribution in [-0.2, 0) is 11.8 Å². The van der Waals surface area contributed by atoms with Crippen LogP contribution in [0.5, 0.6) is 17.2 Å². The highest BCUT2D eigenvalue weighted by Gasteiger charge is 2.15. The summed E-state index contributed by atoms with van der Waals surface area (Å²) in [5, 5.41) is 5.76. The maximum absolute atomic E-state index is 12.0. The van der Waals surface area contributed by atoms with E-state index in [1.54, 1.807) is 0 Å². The predicted molar refractivity (Wildman–Crippen MR) is 137 cm³/mol. The van der Waals surface area contributed by atoms with Crippen molar-refractivity contribution in [1.29, 1.82) is 0 Å². The first-order valence-corrected chi connectivity index (χ1v) is 12.4. The van der Waals surface area contributed by atoms with E-state index in [2.05, 4.69) is 59.5 Å². The molecule has 0 saturated carbocycles. The Labute approximate surface area is 206 Å². The summed E-state index contributed by atoms with van der Waals surface area (Å²) in [6.45, 7) is 13.2. The first-order chi connectivity index (χ1) is 15.7. The van der Waals surface area contributed by atoms with Gasteiger partial charge in [-0.2, -0.15) is 0 Å². The Hall–Kier alpha value is -2.41. The third-order valence-electron chi connectivity index (χ3n) is 4.97. The van der Waals surface area contributed by atoms with E-state index >= 15 is 0 Å². The van der Waals surface area contributed by atoms with Crippen molar-refractivity contribution in [3.8, 4) is 17.2 Å². The van der Waals surface area contributed by atoms with Gasteiger partial charge in [0, 0.05) is 13.1 Å². The molecule has 0 atom stereocenters. The molecule has 0 spiro atoms. The third-order valence-corrected chi connectivity index (χ3v) is 5.59. The Morgan fingerprint density at radius 2 is 1.55 bits per heavy atom. The SMILES string of the molecule is CCOc1ccc(CCNC(=O)NCCCOc2ccc(C(C)(C)C)cc2Br)cc1OCC. The molecule has 0 radical (unpaired) electrons. The van der Waals surface area contributed by atoms with Gasteiger partial charge < -0.3 is 24.8 Å². The van der Waals surface area contributed by atoms with Gasteiger partial charge in [-0.15, -0.1) is 0 Å². The van der Waals surface area contributed by atoms with E-state index in [9.17, 15) is 4.79 Å². The number of urea groups is 1. The largest absolute Gasteiger partial charge is 0.492 e. The Balaban J connectivity index is 1.66. The fourth-order valence-corrected chi connectivity index (χ4v) is 3.67. The second-order valence-corrected chi connectivity index (χ2v) is 9.53. The highest BCUT2D eigenvalue weighted by molar-refractivity contribution is 9.10. The number of nitrogens with one attached hydrogen (secondary N) is 2. The molecule has 6 nitrogen and oxygen atoms in total. The minimum Gasteiger partial charge on any atom is -0.492 e. The highest BCUT2D eigenvalue weighted by atomic mass is 79.9. The van der Waals surface area contributed by atoms with Gasteiger partial charge in [0.25, 0.3) is 0 Å². The lowest BCUT2D eigenvalue weighted by Gasteiger charge is -2.20. The molecule has 182 valence electrons. The van der Waals surface area contributed by atoms with Crippen LogP contribution in [0.25, 0.3) is 0 Å². The molecule has 0 unspecified atom stereocenters. The van der Waals surface area contributed by atoms with Crippen molar-refractivity contribution in [1.82, 2.24) is 10.6 Å². The van der Waals surface area contributed by atoms with E-state index in [0.717, 1.165) is 33.7 Å². The molecule has 33 heavy (non-hydrogen) atoms. The summed E-state index contributed by atoms with van der Waals surface area (Å²) >= 11 is 3.58. The fraction of sp³-hybridized carbons (Fsp3) is 0.500. The summed E-state index contributed by atoms with van der Waals surface area (Å²) in [7, 11) is 0. The predicted octanol–water partition coefficient (Wildman–Crippen LogP) is 5.85. The van der Waals surface area contributed by atoms with Gasteiger partial charge in [0.1, 0.15) is 5.75 Å². The van der Waals surface area contributed by atoms with Gasteiger partial charge in [0.15, 0.2) is 11.5 Å². The Morgan fingerprint density at radius 3 is 2.21 bits per heavy atom. The minimum absolute atomic E-state index is 0.0941. The quantitative estimate of drug-likeness (QED) is 0.344. The summed E-state index contributed by atoms with van der Waals surface area (Å²) in [6.07, 6.45) is 1.43. The molecule has 0 bridgehead atoms. The molecular weight excluding hydrogens is 484 g/mol. The second kappa shape index (κ2) is 13.3. The van der Waals surface area contributed by atoms with E-state index in [1.165, 1.54) is 5.56 Å². The van der Waals surface area contributed by atoms with E-state index < -0.39 is 0 Å². The van der Waals surface area contributed by atoms with Crippen molar-refractivity contribution < 1.29 is 19.0 Å². The zero-order chi connectivity index (χ0) is 24.3. The van der Waals surface area contributed by atoms with E-state index in [4.69, 9.17) is 14.2 Å². The molecule has 2 rings (SSSR count).